The summed E-state index contributed by atoms with van der Waals surface area (Å²) in [6.07, 6.45) is -1.80. The fourth-order valence-corrected chi connectivity index (χ4v) is 12.7. The Labute approximate surface area is 228 Å². The van der Waals surface area contributed by atoms with Crippen molar-refractivity contribution in [2.24, 2.45) is 0 Å². The van der Waals surface area contributed by atoms with Gasteiger partial charge in [0.2, 0.25) is 8.32 Å². The second-order valence-corrected chi connectivity index (χ2v) is 23.4. The maximum Gasteiger partial charge on any atom is 0.201 e. The molecule has 1 heterocycles. The normalized spacial score (nSPS) is 26.3. The molecule has 0 bridgehead atoms. The first-order chi connectivity index (χ1) is 16.6. The van der Waals surface area contributed by atoms with Crippen LogP contribution in [0.1, 0.15) is 67.9 Å². The zero-order valence-corrected chi connectivity index (χ0v) is 27.3. The van der Waals surface area contributed by atoms with Crippen molar-refractivity contribution in [2.45, 2.75) is 134 Å². The summed E-state index contributed by atoms with van der Waals surface area (Å²) in [5.41, 5.74) is 1.73. The molecule has 208 valence electrons. The van der Waals surface area contributed by atoms with Crippen LogP contribution < -0.4 is 0 Å². The Kier molecular flexibility index (Phi) is 11.4. The molecule has 0 aliphatic carbocycles. The van der Waals surface area contributed by atoms with Crippen molar-refractivity contribution in [1.82, 2.24) is 0 Å². The monoisotopic (exact) mass is 556 g/mol. The summed E-state index contributed by atoms with van der Waals surface area (Å²) < 4.78 is 27.2. The highest BCUT2D eigenvalue weighted by Gasteiger charge is 2.55. The van der Waals surface area contributed by atoms with Gasteiger partial charge in [-0.3, -0.25) is 0 Å². The van der Waals surface area contributed by atoms with Crippen molar-refractivity contribution in [1.29, 1.82) is 0 Å². The van der Waals surface area contributed by atoms with Crippen LogP contribution >= 0.6 is 12.6 Å². The first-order valence-electron chi connectivity index (χ1n) is 13.5. The summed E-state index contributed by atoms with van der Waals surface area (Å²) in [5, 5.41) is 10.5. The fraction of sp³-hybridized carbons (Fsp3) is 0.786. The summed E-state index contributed by atoms with van der Waals surface area (Å²) in [6.45, 7) is 25.2. The quantitative estimate of drug-likeness (QED) is 0.223. The summed E-state index contributed by atoms with van der Waals surface area (Å²) in [7, 11) is -4.54. The molecule has 1 aromatic rings. The minimum Gasteiger partial charge on any atom is -0.408 e. The molecule has 0 spiro atoms. The average Bonchev–Trinajstić information content (AvgIpc) is 2.76. The molecule has 1 aliphatic rings. The number of aliphatic hydroxyl groups excluding tert-OH is 1. The summed E-state index contributed by atoms with van der Waals surface area (Å²) in [5.74, 6) is 0. The Morgan fingerprint density at radius 3 is 1.86 bits per heavy atom. The highest BCUT2D eigenvalue weighted by atomic mass is 32.1. The van der Waals surface area contributed by atoms with Gasteiger partial charge in [-0.25, -0.2) is 0 Å². The second kappa shape index (κ2) is 12.8. The predicted octanol–water partition coefficient (Wildman–Crippen LogP) is 7.17. The maximum absolute atomic E-state index is 10.5. The number of aliphatic hydroxyl groups is 1. The Balaban J connectivity index is 2.56. The van der Waals surface area contributed by atoms with E-state index in [0.29, 0.717) is 23.2 Å². The molecule has 36 heavy (non-hydrogen) atoms. The minimum absolute atomic E-state index is 0.00328. The molecule has 2 rings (SSSR count). The molecule has 0 amide bonds. The number of hydrogen-bond acceptors (Lipinski definition) is 6. The van der Waals surface area contributed by atoms with E-state index in [1.165, 1.54) is 0 Å². The zero-order chi connectivity index (χ0) is 27.5. The number of rotatable bonds is 11. The number of benzene rings is 1. The number of ether oxygens (including phenoxy) is 2. The molecule has 1 unspecified atom stereocenters. The Bertz CT molecular complexity index is 775. The van der Waals surface area contributed by atoms with Gasteiger partial charge in [-0.2, -0.15) is 0 Å². The molecule has 0 aromatic heterocycles. The standard InChI is InChI=1S/C28H52O5SSi2/c1-19(2)36(20(3)4,21(5)6)33-24-23(17-29)31-27(34)26(30-18-22-15-13-12-14-16-22)25(24)32-35(10,11)28(7,8)9/h12-16,19-21,23-27,29,34H,17-18H2,1-11H3/t23-,24-,25+,26+,27?/m1/s1. The van der Waals surface area contributed by atoms with Crippen LogP contribution in [-0.4, -0.2) is 58.2 Å². The van der Waals surface area contributed by atoms with E-state index in [2.05, 4.69) is 87.5 Å². The van der Waals surface area contributed by atoms with Crippen molar-refractivity contribution in [3.05, 3.63) is 35.9 Å². The maximum atomic E-state index is 10.5. The lowest BCUT2D eigenvalue weighted by Gasteiger charge is -2.53. The van der Waals surface area contributed by atoms with Gasteiger partial charge < -0.3 is 23.4 Å². The Morgan fingerprint density at radius 1 is 0.889 bits per heavy atom. The van der Waals surface area contributed by atoms with E-state index in [9.17, 15) is 5.11 Å². The SMILES string of the molecule is CC(C)[Si](O[C@H]1[C@H](O[Si](C)(C)C(C)(C)C)[C@H](OCc2ccccc2)C(S)O[C@@H]1CO)(C(C)C)C(C)C. The highest BCUT2D eigenvalue weighted by molar-refractivity contribution is 7.80. The van der Waals surface area contributed by atoms with Crippen LogP contribution in [0.4, 0.5) is 0 Å². The lowest BCUT2D eigenvalue weighted by molar-refractivity contribution is -0.213. The molecule has 1 saturated heterocycles. The summed E-state index contributed by atoms with van der Waals surface area (Å²) in [4.78, 5) is 0. The van der Waals surface area contributed by atoms with Gasteiger partial charge >= 0.3 is 0 Å². The van der Waals surface area contributed by atoms with Gasteiger partial charge in [0.15, 0.2) is 8.32 Å². The highest BCUT2D eigenvalue weighted by Crippen LogP contribution is 2.47. The van der Waals surface area contributed by atoms with E-state index in [0.717, 1.165) is 5.56 Å². The number of thiol groups is 1. The molecule has 0 radical (unpaired) electrons. The predicted molar refractivity (Wildman–Crippen MR) is 158 cm³/mol. The third-order valence-corrected chi connectivity index (χ3v) is 19.3. The lowest BCUT2D eigenvalue weighted by Crippen LogP contribution is -2.66. The Hall–Kier alpha value is -0.196. The molecule has 0 saturated carbocycles. The third kappa shape index (κ3) is 7.06. The van der Waals surface area contributed by atoms with E-state index in [1.54, 1.807) is 0 Å². The Morgan fingerprint density at radius 2 is 1.42 bits per heavy atom. The molecule has 1 N–H and O–H groups in total. The first-order valence-corrected chi connectivity index (χ1v) is 19.1. The van der Waals surface area contributed by atoms with E-state index >= 15 is 0 Å². The van der Waals surface area contributed by atoms with Gasteiger partial charge in [0, 0.05) is 0 Å². The van der Waals surface area contributed by atoms with Crippen molar-refractivity contribution in [3.8, 4) is 0 Å². The minimum atomic E-state index is -2.31. The van der Waals surface area contributed by atoms with E-state index in [1.807, 2.05) is 18.2 Å². The topological polar surface area (TPSA) is 57.2 Å². The molecular formula is C28H52O5SSi2. The van der Waals surface area contributed by atoms with Crippen molar-refractivity contribution >= 4 is 29.3 Å². The molecule has 5 nitrogen and oxygen atoms in total. The molecule has 5 atom stereocenters. The molecular weight excluding hydrogens is 505 g/mol. The van der Waals surface area contributed by atoms with Gasteiger partial charge in [0.05, 0.1) is 13.2 Å². The van der Waals surface area contributed by atoms with Crippen LogP contribution in [0, 0.1) is 0 Å². The zero-order valence-electron chi connectivity index (χ0n) is 24.4. The van der Waals surface area contributed by atoms with E-state index in [4.69, 9.17) is 31.0 Å². The summed E-state index contributed by atoms with van der Waals surface area (Å²) >= 11 is 4.80. The van der Waals surface area contributed by atoms with E-state index in [-0.39, 0.29) is 11.6 Å². The van der Waals surface area contributed by atoms with Crippen molar-refractivity contribution < 1.29 is 23.4 Å². The smallest absolute Gasteiger partial charge is 0.201 e. The van der Waals surface area contributed by atoms with Crippen LogP contribution in [0.2, 0.25) is 34.8 Å². The van der Waals surface area contributed by atoms with Crippen LogP contribution in [0.25, 0.3) is 0 Å². The van der Waals surface area contributed by atoms with Crippen LogP contribution in [0.5, 0.6) is 0 Å². The molecule has 1 fully saturated rings. The fourth-order valence-electron chi connectivity index (χ4n) is 5.42. The lowest BCUT2D eigenvalue weighted by atomic mass is 10.00. The van der Waals surface area contributed by atoms with Crippen molar-refractivity contribution in [2.75, 3.05) is 6.61 Å². The third-order valence-electron chi connectivity index (χ3n) is 8.36. The number of hydrogen-bond donors (Lipinski definition) is 2. The van der Waals surface area contributed by atoms with Gasteiger partial charge in [-0.05, 0) is 40.3 Å². The second-order valence-electron chi connectivity index (χ2n) is 12.8. The summed E-state index contributed by atoms with van der Waals surface area (Å²) in [6, 6.07) is 10.1. The van der Waals surface area contributed by atoms with Gasteiger partial charge in [-0.1, -0.05) is 92.6 Å². The van der Waals surface area contributed by atoms with Gasteiger partial charge in [-0.15, -0.1) is 12.6 Å². The molecule has 8 heteroatoms. The van der Waals surface area contributed by atoms with Gasteiger partial charge in [0.25, 0.3) is 0 Å². The molecule has 1 aliphatic heterocycles. The average molecular weight is 557 g/mol. The molecule has 1 aromatic carbocycles. The van der Waals surface area contributed by atoms with Gasteiger partial charge in [0.1, 0.15) is 29.9 Å². The van der Waals surface area contributed by atoms with E-state index < -0.39 is 46.5 Å². The largest absolute Gasteiger partial charge is 0.408 e. The van der Waals surface area contributed by atoms with Crippen LogP contribution in [0.3, 0.4) is 0 Å². The van der Waals surface area contributed by atoms with Crippen LogP contribution in [0.15, 0.2) is 30.3 Å². The van der Waals surface area contributed by atoms with Crippen LogP contribution in [-0.2, 0) is 24.9 Å². The van der Waals surface area contributed by atoms with Crippen molar-refractivity contribution in [3.63, 3.8) is 0 Å². The first kappa shape index (κ1) is 32.0.